The average molecular weight is 434 g/mol. The standard InChI is InChI=1S/C14H14Br2N2O2S/c1-9(10-5-3-2-4-6-10)18-21(19,20)14-12(15)7-11(17)8-13(14)16/h2-9,18H,17H2,1H3. The van der Waals surface area contributed by atoms with Crippen LogP contribution in [-0.4, -0.2) is 8.42 Å². The molecule has 0 heterocycles. The number of hydrogen-bond donors (Lipinski definition) is 2. The van der Waals surface area contributed by atoms with E-state index in [0.717, 1.165) is 5.56 Å². The fourth-order valence-electron chi connectivity index (χ4n) is 1.94. The van der Waals surface area contributed by atoms with Crippen molar-refractivity contribution in [3.8, 4) is 0 Å². The first kappa shape index (κ1) is 16.5. The maximum atomic E-state index is 12.6. The molecule has 1 atom stereocenters. The largest absolute Gasteiger partial charge is 0.399 e. The molecular weight excluding hydrogens is 420 g/mol. The zero-order valence-corrected chi connectivity index (χ0v) is 15.2. The van der Waals surface area contributed by atoms with Crippen molar-refractivity contribution in [2.75, 3.05) is 5.73 Å². The number of benzene rings is 2. The Labute approximate surface area is 141 Å². The predicted molar refractivity (Wildman–Crippen MR) is 91.4 cm³/mol. The highest BCUT2D eigenvalue weighted by atomic mass is 79.9. The van der Waals surface area contributed by atoms with Crippen molar-refractivity contribution < 1.29 is 8.42 Å². The SMILES string of the molecule is CC(NS(=O)(=O)c1c(Br)cc(N)cc1Br)c1ccccc1. The number of anilines is 1. The van der Waals surface area contributed by atoms with Crippen molar-refractivity contribution in [2.45, 2.75) is 17.9 Å². The minimum atomic E-state index is -3.69. The van der Waals surface area contributed by atoms with Gasteiger partial charge in [0.15, 0.2) is 0 Å². The summed E-state index contributed by atoms with van der Waals surface area (Å²) in [5.41, 5.74) is 7.06. The molecule has 0 aliphatic rings. The third-order valence-electron chi connectivity index (χ3n) is 2.92. The Morgan fingerprint density at radius 1 is 1.10 bits per heavy atom. The summed E-state index contributed by atoms with van der Waals surface area (Å²) < 4.78 is 28.6. The molecule has 2 aromatic rings. The van der Waals surface area contributed by atoms with Gasteiger partial charge in [-0.2, -0.15) is 0 Å². The highest BCUT2D eigenvalue weighted by molar-refractivity contribution is 9.11. The maximum absolute atomic E-state index is 12.6. The molecule has 4 nitrogen and oxygen atoms in total. The van der Waals surface area contributed by atoms with Crippen LogP contribution in [0.15, 0.2) is 56.3 Å². The summed E-state index contributed by atoms with van der Waals surface area (Å²) in [7, 11) is -3.69. The van der Waals surface area contributed by atoms with Crippen molar-refractivity contribution in [2.24, 2.45) is 0 Å². The lowest BCUT2D eigenvalue weighted by molar-refractivity contribution is 0.566. The number of rotatable bonds is 4. The molecule has 0 radical (unpaired) electrons. The molecule has 1 unspecified atom stereocenters. The molecule has 0 aliphatic carbocycles. The number of hydrogen-bond acceptors (Lipinski definition) is 3. The molecule has 0 aromatic heterocycles. The molecule has 21 heavy (non-hydrogen) atoms. The Hall–Kier alpha value is -0.890. The van der Waals surface area contributed by atoms with E-state index >= 15 is 0 Å². The van der Waals surface area contributed by atoms with E-state index in [1.165, 1.54) is 0 Å². The van der Waals surface area contributed by atoms with Gasteiger partial charge in [0.2, 0.25) is 10.0 Å². The van der Waals surface area contributed by atoms with Crippen LogP contribution in [0.4, 0.5) is 5.69 Å². The summed E-state index contributed by atoms with van der Waals surface area (Å²) >= 11 is 6.50. The Morgan fingerprint density at radius 2 is 1.62 bits per heavy atom. The van der Waals surface area contributed by atoms with E-state index < -0.39 is 10.0 Å². The van der Waals surface area contributed by atoms with Gasteiger partial charge < -0.3 is 5.73 Å². The zero-order chi connectivity index (χ0) is 15.6. The van der Waals surface area contributed by atoms with E-state index in [9.17, 15) is 8.42 Å². The van der Waals surface area contributed by atoms with Crippen LogP contribution in [0.2, 0.25) is 0 Å². The van der Waals surface area contributed by atoms with Gasteiger partial charge in [-0.15, -0.1) is 0 Å². The van der Waals surface area contributed by atoms with Gasteiger partial charge in [0, 0.05) is 20.7 Å². The summed E-state index contributed by atoms with van der Waals surface area (Å²) in [6, 6.07) is 12.2. The van der Waals surface area contributed by atoms with E-state index in [0.29, 0.717) is 14.6 Å². The molecule has 0 spiro atoms. The maximum Gasteiger partial charge on any atom is 0.243 e. The molecule has 0 aliphatic heterocycles. The fraction of sp³-hybridized carbons (Fsp3) is 0.143. The van der Waals surface area contributed by atoms with Gasteiger partial charge in [-0.05, 0) is 56.5 Å². The molecular formula is C14H14Br2N2O2S. The van der Waals surface area contributed by atoms with E-state index in [2.05, 4.69) is 36.6 Å². The van der Waals surface area contributed by atoms with Crippen LogP contribution >= 0.6 is 31.9 Å². The van der Waals surface area contributed by atoms with Crippen molar-refractivity contribution in [1.29, 1.82) is 0 Å². The highest BCUT2D eigenvalue weighted by Crippen LogP contribution is 2.33. The predicted octanol–water partition coefficient (Wildman–Crippen LogP) is 3.83. The Bertz CT molecular complexity index is 726. The van der Waals surface area contributed by atoms with Crippen LogP contribution < -0.4 is 10.5 Å². The molecule has 7 heteroatoms. The lowest BCUT2D eigenvalue weighted by Gasteiger charge is -2.16. The number of halogens is 2. The average Bonchev–Trinajstić information content (AvgIpc) is 2.37. The van der Waals surface area contributed by atoms with Crippen LogP contribution in [0.1, 0.15) is 18.5 Å². The van der Waals surface area contributed by atoms with Gasteiger partial charge >= 0.3 is 0 Å². The van der Waals surface area contributed by atoms with Crippen molar-refractivity contribution in [1.82, 2.24) is 4.72 Å². The Balaban J connectivity index is 2.36. The van der Waals surface area contributed by atoms with Crippen LogP contribution in [0.25, 0.3) is 0 Å². The molecule has 3 N–H and O–H groups in total. The lowest BCUT2D eigenvalue weighted by atomic mass is 10.1. The Morgan fingerprint density at radius 3 is 2.14 bits per heavy atom. The minimum Gasteiger partial charge on any atom is -0.399 e. The molecule has 0 saturated heterocycles. The van der Waals surface area contributed by atoms with Gasteiger partial charge in [-0.25, -0.2) is 13.1 Å². The molecule has 0 saturated carbocycles. The van der Waals surface area contributed by atoms with Gasteiger partial charge in [0.25, 0.3) is 0 Å². The zero-order valence-electron chi connectivity index (χ0n) is 11.2. The molecule has 0 amide bonds. The van der Waals surface area contributed by atoms with Crippen LogP contribution in [0.3, 0.4) is 0 Å². The first-order valence-electron chi connectivity index (χ1n) is 6.13. The summed E-state index contributed by atoms with van der Waals surface area (Å²) in [4.78, 5) is 0.138. The first-order valence-corrected chi connectivity index (χ1v) is 9.20. The second kappa shape index (κ2) is 6.48. The van der Waals surface area contributed by atoms with Gasteiger partial charge in [0.1, 0.15) is 4.90 Å². The van der Waals surface area contributed by atoms with Gasteiger partial charge in [-0.3, -0.25) is 0 Å². The fourth-order valence-corrected chi connectivity index (χ4v) is 5.79. The molecule has 2 aromatic carbocycles. The summed E-state index contributed by atoms with van der Waals surface area (Å²) in [6.45, 7) is 1.80. The van der Waals surface area contributed by atoms with Crippen LogP contribution in [-0.2, 0) is 10.0 Å². The van der Waals surface area contributed by atoms with E-state index in [4.69, 9.17) is 5.73 Å². The third kappa shape index (κ3) is 3.85. The van der Waals surface area contributed by atoms with Crippen LogP contribution in [0, 0.1) is 0 Å². The first-order chi connectivity index (χ1) is 9.81. The van der Waals surface area contributed by atoms with Crippen molar-refractivity contribution in [3.63, 3.8) is 0 Å². The number of nitrogen functional groups attached to an aromatic ring is 1. The van der Waals surface area contributed by atoms with Crippen molar-refractivity contribution >= 4 is 47.6 Å². The molecule has 0 fully saturated rings. The smallest absolute Gasteiger partial charge is 0.243 e. The normalized spacial score (nSPS) is 13.1. The lowest BCUT2D eigenvalue weighted by Crippen LogP contribution is -2.27. The Kier molecular flexibility index (Phi) is 5.08. The van der Waals surface area contributed by atoms with Crippen molar-refractivity contribution in [3.05, 3.63) is 57.0 Å². The monoisotopic (exact) mass is 432 g/mol. The summed E-state index contributed by atoms with van der Waals surface area (Å²) in [6.07, 6.45) is 0. The van der Waals surface area contributed by atoms with E-state index in [1.807, 2.05) is 30.3 Å². The molecule has 2 rings (SSSR count). The number of nitrogens with two attached hydrogens (primary N) is 1. The van der Waals surface area contributed by atoms with Gasteiger partial charge in [0.05, 0.1) is 0 Å². The number of nitrogens with one attached hydrogen (secondary N) is 1. The van der Waals surface area contributed by atoms with E-state index in [-0.39, 0.29) is 10.9 Å². The quantitative estimate of drug-likeness (QED) is 0.719. The summed E-state index contributed by atoms with van der Waals surface area (Å²) in [5.74, 6) is 0. The van der Waals surface area contributed by atoms with Crippen LogP contribution in [0.5, 0.6) is 0 Å². The van der Waals surface area contributed by atoms with E-state index in [1.54, 1.807) is 19.1 Å². The summed E-state index contributed by atoms with van der Waals surface area (Å²) in [5, 5.41) is 0. The topological polar surface area (TPSA) is 72.2 Å². The number of sulfonamides is 1. The third-order valence-corrected chi connectivity index (χ3v) is 6.34. The molecule has 0 bridgehead atoms. The highest BCUT2D eigenvalue weighted by Gasteiger charge is 2.24. The minimum absolute atomic E-state index is 0.138. The second-order valence-electron chi connectivity index (χ2n) is 4.57. The van der Waals surface area contributed by atoms with Gasteiger partial charge in [-0.1, -0.05) is 30.3 Å². The molecule has 112 valence electrons. The second-order valence-corrected chi connectivity index (χ2v) is 7.93.